The van der Waals surface area contributed by atoms with Crippen LogP contribution in [0.3, 0.4) is 0 Å². The predicted molar refractivity (Wildman–Crippen MR) is 70.8 cm³/mol. The number of halogens is 1. The zero-order valence-corrected chi connectivity index (χ0v) is 10.8. The lowest BCUT2D eigenvalue weighted by Crippen LogP contribution is -2.05. The molecule has 2 N–H and O–H groups in total. The van der Waals surface area contributed by atoms with Gasteiger partial charge in [-0.25, -0.2) is 9.97 Å². The van der Waals surface area contributed by atoms with Crippen molar-refractivity contribution in [3.8, 4) is 0 Å². The third kappa shape index (κ3) is 2.45. The number of aromatic amines is 1. The van der Waals surface area contributed by atoms with Gasteiger partial charge in [0.25, 0.3) is 0 Å². The van der Waals surface area contributed by atoms with E-state index in [0.717, 1.165) is 16.9 Å². The largest absolute Gasteiger partial charge is 0.364 e. The highest BCUT2D eigenvalue weighted by Gasteiger charge is 2.08. The Kier molecular flexibility index (Phi) is 2.96. The molecule has 0 fully saturated rings. The molecule has 0 spiro atoms. The van der Waals surface area contributed by atoms with Crippen LogP contribution in [0.5, 0.6) is 0 Å². The fourth-order valence-corrected chi connectivity index (χ4v) is 1.89. The van der Waals surface area contributed by atoms with Gasteiger partial charge in [0.05, 0.1) is 23.8 Å². The Balaban J connectivity index is 1.87. The zero-order valence-electron chi connectivity index (χ0n) is 10.1. The Morgan fingerprint density at radius 1 is 1.32 bits per heavy atom. The van der Waals surface area contributed by atoms with Crippen molar-refractivity contribution in [2.24, 2.45) is 0 Å². The van der Waals surface area contributed by atoms with E-state index in [4.69, 9.17) is 11.6 Å². The molecular weight excluding hydrogens is 266 g/mol. The van der Waals surface area contributed by atoms with E-state index in [2.05, 4.69) is 35.5 Å². The highest BCUT2D eigenvalue weighted by Crippen LogP contribution is 2.20. The second-order valence-electron chi connectivity index (χ2n) is 3.92. The summed E-state index contributed by atoms with van der Waals surface area (Å²) in [5, 5.41) is 10.8. The molecule has 3 aromatic rings. The first kappa shape index (κ1) is 11.8. The summed E-state index contributed by atoms with van der Waals surface area (Å²) in [5.41, 5.74) is 1.47. The van der Waals surface area contributed by atoms with Crippen molar-refractivity contribution in [3.63, 3.8) is 0 Å². The molecule has 3 aromatic heterocycles. The van der Waals surface area contributed by atoms with E-state index >= 15 is 0 Å². The molecule has 0 bridgehead atoms. The number of rotatable bonds is 3. The molecule has 0 aromatic carbocycles. The topological polar surface area (TPSA) is 92.3 Å². The van der Waals surface area contributed by atoms with Gasteiger partial charge in [-0.2, -0.15) is 15.1 Å². The lowest BCUT2D eigenvalue weighted by molar-refractivity contribution is 0.950. The second kappa shape index (κ2) is 4.77. The summed E-state index contributed by atoms with van der Waals surface area (Å²) in [5.74, 6) is 1.36. The first-order valence-corrected chi connectivity index (χ1v) is 5.99. The standard InChI is InChI=1S/C11H10ClN7/c1-6-13-3-2-7(16-6)4-14-9-8-5-15-19-10(8)18-11(12)17-9/h2-3,5H,4H2,1H3,(H2,14,15,17,18,19). The molecule has 0 atom stereocenters. The lowest BCUT2D eigenvalue weighted by Gasteiger charge is -2.06. The number of hydrogen-bond donors (Lipinski definition) is 2. The third-order valence-corrected chi connectivity index (χ3v) is 2.72. The zero-order chi connectivity index (χ0) is 13.2. The highest BCUT2D eigenvalue weighted by molar-refractivity contribution is 6.28. The maximum absolute atomic E-state index is 5.85. The number of fused-ring (bicyclic) bond motifs is 1. The van der Waals surface area contributed by atoms with E-state index in [0.29, 0.717) is 18.0 Å². The molecule has 0 aliphatic heterocycles. The maximum Gasteiger partial charge on any atom is 0.226 e. The van der Waals surface area contributed by atoms with Gasteiger partial charge in [0.15, 0.2) is 5.65 Å². The summed E-state index contributed by atoms with van der Waals surface area (Å²) >= 11 is 5.85. The minimum absolute atomic E-state index is 0.165. The molecular formula is C11H10ClN7. The van der Waals surface area contributed by atoms with Crippen LogP contribution in [0.15, 0.2) is 18.5 Å². The number of nitrogens with one attached hydrogen (secondary N) is 2. The Bertz CT molecular complexity index is 724. The fourth-order valence-electron chi connectivity index (χ4n) is 1.72. The van der Waals surface area contributed by atoms with E-state index in [9.17, 15) is 0 Å². The van der Waals surface area contributed by atoms with E-state index in [1.165, 1.54) is 0 Å². The minimum atomic E-state index is 0.165. The molecule has 19 heavy (non-hydrogen) atoms. The van der Waals surface area contributed by atoms with Crippen LogP contribution in [-0.2, 0) is 6.54 Å². The Hall–Kier alpha value is -2.28. The van der Waals surface area contributed by atoms with Crippen molar-refractivity contribution in [2.45, 2.75) is 13.5 Å². The summed E-state index contributed by atoms with van der Waals surface area (Å²) in [6.45, 7) is 2.37. The van der Waals surface area contributed by atoms with Gasteiger partial charge in [-0.1, -0.05) is 0 Å². The molecule has 0 unspecified atom stereocenters. The van der Waals surface area contributed by atoms with Crippen molar-refractivity contribution in [1.29, 1.82) is 0 Å². The van der Waals surface area contributed by atoms with Gasteiger partial charge < -0.3 is 5.32 Å². The predicted octanol–water partition coefficient (Wildman–Crippen LogP) is 1.72. The van der Waals surface area contributed by atoms with Gasteiger partial charge in [0, 0.05) is 6.20 Å². The van der Waals surface area contributed by atoms with Gasteiger partial charge in [-0.15, -0.1) is 0 Å². The molecule has 0 aliphatic carbocycles. The summed E-state index contributed by atoms with van der Waals surface area (Å²) in [7, 11) is 0. The first-order valence-electron chi connectivity index (χ1n) is 5.61. The van der Waals surface area contributed by atoms with Crippen molar-refractivity contribution in [2.75, 3.05) is 5.32 Å². The summed E-state index contributed by atoms with van der Waals surface area (Å²) in [4.78, 5) is 16.5. The molecule has 0 saturated heterocycles. The number of H-pyrrole nitrogens is 1. The molecule has 3 heterocycles. The van der Waals surface area contributed by atoms with Crippen LogP contribution in [0, 0.1) is 6.92 Å². The second-order valence-corrected chi connectivity index (χ2v) is 4.26. The molecule has 96 valence electrons. The molecule has 0 aliphatic rings. The van der Waals surface area contributed by atoms with Crippen LogP contribution < -0.4 is 5.32 Å². The summed E-state index contributed by atoms with van der Waals surface area (Å²) in [6, 6.07) is 1.84. The van der Waals surface area contributed by atoms with E-state index in [1.807, 2.05) is 13.0 Å². The van der Waals surface area contributed by atoms with Crippen molar-refractivity contribution in [3.05, 3.63) is 35.3 Å². The van der Waals surface area contributed by atoms with Crippen LogP contribution in [0.2, 0.25) is 5.28 Å². The number of anilines is 1. The van der Waals surface area contributed by atoms with Crippen molar-refractivity contribution >= 4 is 28.5 Å². The Labute approximate surface area is 113 Å². The van der Waals surface area contributed by atoms with Crippen LogP contribution in [0.4, 0.5) is 5.82 Å². The maximum atomic E-state index is 5.85. The van der Waals surface area contributed by atoms with Crippen LogP contribution in [0.25, 0.3) is 11.0 Å². The number of aromatic nitrogens is 6. The van der Waals surface area contributed by atoms with Gasteiger partial charge in [0.1, 0.15) is 11.6 Å². The summed E-state index contributed by atoms with van der Waals surface area (Å²) in [6.07, 6.45) is 3.37. The summed E-state index contributed by atoms with van der Waals surface area (Å²) < 4.78 is 0. The Morgan fingerprint density at radius 3 is 3.05 bits per heavy atom. The molecule has 8 heteroatoms. The Morgan fingerprint density at radius 2 is 2.21 bits per heavy atom. The van der Waals surface area contributed by atoms with Gasteiger partial charge in [-0.05, 0) is 24.6 Å². The lowest BCUT2D eigenvalue weighted by atomic mass is 10.3. The number of nitrogens with zero attached hydrogens (tertiary/aromatic N) is 5. The smallest absolute Gasteiger partial charge is 0.226 e. The third-order valence-electron chi connectivity index (χ3n) is 2.55. The van der Waals surface area contributed by atoms with Gasteiger partial charge >= 0.3 is 0 Å². The average molecular weight is 276 g/mol. The van der Waals surface area contributed by atoms with Crippen molar-refractivity contribution < 1.29 is 0 Å². The normalized spacial score (nSPS) is 10.8. The minimum Gasteiger partial charge on any atom is -0.364 e. The average Bonchev–Trinajstić information content (AvgIpc) is 2.84. The first-order chi connectivity index (χ1) is 9.22. The molecule has 3 rings (SSSR count). The molecule has 0 saturated carbocycles. The van der Waals surface area contributed by atoms with Crippen LogP contribution >= 0.6 is 11.6 Å². The van der Waals surface area contributed by atoms with E-state index < -0.39 is 0 Å². The monoisotopic (exact) mass is 275 g/mol. The molecule has 7 nitrogen and oxygen atoms in total. The number of hydrogen-bond acceptors (Lipinski definition) is 6. The highest BCUT2D eigenvalue weighted by atomic mass is 35.5. The van der Waals surface area contributed by atoms with Crippen molar-refractivity contribution in [1.82, 2.24) is 30.1 Å². The van der Waals surface area contributed by atoms with Crippen LogP contribution in [0.1, 0.15) is 11.5 Å². The fraction of sp³-hybridized carbons (Fsp3) is 0.182. The van der Waals surface area contributed by atoms with E-state index in [1.54, 1.807) is 12.4 Å². The number of aryl methyl sites for hydroxylation is 1. The SMILES string of the molecule is Cc1nccc(CNc2nc(Cl)nc3[nH]ncc23)n1. The van der Waals surface area contributed by atoms with E-state index in [-0.39, 0.29) is 5.28 Å². The van der Waals surface area contributed by atoms with Gasteiger partial charge in [-0.3, -0.25) is 5.10 Å². The molecule has 0 radical (unpaired) electrons. The quantitative estimate of drug-likeness (QED) is 0.707. The van der Waals surface area contributed by atoms with Crippen LogP contribution in [-0.4, -0.2) is 30.1 Å². The molecule has 0 amide bonds. The van der Waals surface area contributed by atoms with Gasteiger partial charge in [0.2, 0.25) is 5.28 Å².